The van der Waals surface area contributed by atoms with Crippen molar-refractivity contribution in [3.63, 3.8) is 0 Å². The van der Waals surface area contributed by atoms with Crippen LogP contribution in [0.25, 0.3) is 28.4 Å². The van der Waals surface area contributed by atoms with Gasteiger partial charge in [-0.15, -0.1) is 45.3 Å². The molecule has 0 atom stereocenters. The summed E-state index contributed by atoms with van der Waals surface area (Å²) in [7, 11) is 2.21. The first-order valence-electron chi connectivity index (χ1n) is 33.7. The zero-order valence-corrected chi connectivity index (χ0v) is 55.4. The van der Waals surface area contributed by atoms with Crippen molar-refractivity contribution in [2.75, 3.05) is 19.6 Å². The average molecular weight is 1290 g/mol. The fourth-order valence-electron chi connectivity index (χ4n) is 23.5. The van der Waals surface area contributed by atoms with Crippen molar-refractivity contribution in [3.8, 4) is 0 Å². The Bertz CT molecular complexity index is 3020. The number of hydrogen-bond acceptors (Lipinski definition) is 8. The minimum absolute atomic E-state index is 0.0376. The SMILES string of the molecule is Brc1cc2c(s1)CC(CNC13CC4CC(CC(C4)C1)C3)=C2.Clc1cc2c(s1)CC(CNC13CC4CC(CC(C4)C1)C3)=C2.Cn1c(CNC23CC4CC(CC(C4)C2)C3)cc2sccc21.Fc1cc2c(s1)CC(CNC13CC4CC(CC(C4)C1)C3)=C2. The van der Waals surface area contributed by atoms with E-state index in [4.69, 9.17) is 11.6 Å². The maximum atomic E-state index is 13.2. The molecule has 4 N–H and O–H groups in total. The van der Waals surface area contributed by atoms with E-state index in [0.717, 1.165) is 120 Å². The predicted molar refractivity (Wildman–Crippen MR) is 356 cm³/mol. The Morgan fingerprint density at radius 3 is 1.18 bits per heavy atom. The molecular weight excluding hydrogens is 1200 g/mol. The molecule has 0 aromatic carbocycles. The van der Waals surface area contributed by atoms with E-state index >= 15 is 0 Å². The van der Waals surface area contributed by atoms with Crippen LogP contribution in [0.1, 0.15) is 191 Å². The summed E-state index contributed by atoms with van der Waals surface area (Å²) in [6.45, 7) is 4.26. The molecule has 84 heavy (non-hydrogen) atoms. The van der Waals surface area contributed by atoms with E-state index < -0.39 is 0 Å². The molecular formula is C72H90BrClFN5S4. The van der Waals surface area contributed by atoms with E-state index in [9.17, 15) is 4.39 Å². The molecule has 16 saturated carbocycles. The average Bonchev–Trinajstić information content (AvgIpc) is 1.71. The minimum atomic E-state index is -0.0376. The number of aromatic nitrogens is 1. The number of hydrogen-bond donors (Lipinski definition) is 4. The number of nitrogens with one attached hydrogen (secondary N) is 4. The topological polar surface area (TPSA) is 53.0 Å². The van der Waals surface area contributed by atoms with Crippen LogP contribution in [-0.4, -0.2) is 46.4 Å². The fourth-order valence-corrected chi connectivity index (χ4v) is 28.4. The standard InChI is InChI=1S/C18H22BrNS.C18H22ClNS.C18H22FNS.C18H24N2S/c3*19-17-6-15-4-14(5-16(15)21-17)10-20-18-7-11-1-12(8-18)3-13(2-11)9-18;1-20-15(7-17-16(20)2-3-21-17)11-19-18-8-12-4-13(9-18)6-14(5-12)10-18/h3*4,6,11-13,20H,1-3,5,7-10H2;2-3,7,12-14,19H,4-6,8-11H2,1H3. The van der Waals surface area contributed by atoms with Gasteiger partial charge in [-0.05, 0) is 293 Å². The molecule has 24 rings (SSSR count). The van der Waals surface area contributed by atoms with Crippen LogP contribution in [0, 0.1) is 76.1 Å². The largest absolute Gasteiger partial charge is 0.346 e. The third-order valence-corrected chi connectivity index (χ3v) is 30.0. The van der Waals surface area contributed by atoms with Gasteiger partial charge in [-0.3, -0.25) is 0 Å². The monoisotopic (exact) mass is 1290 g/mol. The van der Waals surface area contributed by atoms with Gasteiger partial charge < -0.3 is 25.8 Å². The van der Waals surface area contributed by atoms with Crippen LogP contribution in [0.2, 0.25) is 4.34 Å². The van der Waals surface area contributed by atoms with Crippen molar-refractivity contribution in [1.29, 1.82) is 0 Å². The minimum Gasteiger partial charge on any atom is -0.346 e. The van der Waals surface area contributed by atoms with Gasteiger partial charge in [0, 0.05) is 95.0 Å². The van der Waals surface area contributed by atoms with Gasteiger partial charge in [-0.1, -0.05) is 46.5 Å². The van der Waals surface area contributed by atoms with Gasteiger partial charge in [0.05, 0.1) is 18.3 Å². The number of rotatable bonds is 12. The van der Waals surface area contributed by atoms with Crippen molar-refractivity contribution in [2.24, 2.45) is 78.1 Å². The van der Waals surface area contributed by atoms with E-state index in [1.54, 1.807) is 33.4 Å². The molecule has 5 aromatic rings. The lowest BCUT2D eigenvalue weighted by molar-refractivity contribution is -0.0208. The maximum Gasteiger partial charge on any atom is 0.177 e. The van der Waals surface area contributed by atoms with Crippen molar-refractivity contribution < 1.29 is 4.39 Å². The molecule has 12 heteroatoms. The van der Waals surface area contributed by atoms with Gasteiger partial charge in [-0.25, -0.2) is 0 Å². The van der Waals surface area contributed by atoms with Crippen LogP contribution in [0.3, 0.4) is 0 Å². The molecule has 16 fully saturated rings. The zero-order valence-electron chi connectivity index (χ0n) is 49.8. The molecule has 5 heterocycles. The highest BCUT2D eigenvalue weighted by Gasteiger charge is 2.54. The Labute approximate surface area is 529 Å². The van der Waals surface area contributed by atoms with Crippen molar-refractivity contribution in [3.05, 3.63) is 103 Å². The number of halogens is 3. The Morgan fingerprint density at radius 2 is 0.821 bits per heavy atom. The second-order valence-electron chi connectivity index (χ2n) is 31.8. The zero-order chi connectivity index (χ0) is 56.1. The van der Waals surface area contributed by atoms with E-state index in [-0.39, 0.29) is 5.13 Å². The second kappa shape index (κ2) is 21.9. The lowest BCUT2D eigenvalue weighted by Gasteiger charge is -2.57. The van der Waals surface area contributed by atoms with Gasteiger partial charge in [0.15, 0.2) is 5.13 Å². The summed E-state index contributed by atoms with van der Waals surface area (Å²) >= 11 is 16.5. The van der Waals surface area contributed by atoms with Gasteiger partial charge >= 0.3 is 0 Å². The summed E-state index contributed by atoms with van der Waals surface area (Å²) < 4.78 is 19.2. The first-order chi connectivity index (χ1) is 40.7. The Hall–Kier alpha value is -1.90. The normalized spacial score (nSPS) is 39.2. The van der Waals surface area contributed by atoms with Crippen LogP contribution < -0.4 is 21.3 Å². The fraction of sp³-hybridized carbons (Fsp3) is 0.667. The molecule has 0 spiro atoms. The molecule has 19 aliphatic rings. The van der Waals surface area contributed by atoms with Crippen LogP contribution in [0.4, 0.5) is 4.39 Å². The van der Waals surface area contributed by atoms with Crippen molar-refractivity contribution >= 4 is 101 Å². The summed E-state index contributed by atoms with van der Waals surface area (Å²) in [6.07, 6.45) is 45.8. The third kappa shape index (κ3) is 11.1. The molecule has 5 aromatic heterocycles. The molecule has 19 aliphatic carbocycles. The van der Waals surface area contributed by atoms with E-state index in [2.05, 4.69) is 96.7 Å². The van der Waals surface area contributed by atoms with Crippen molar-refractivity contribution in [1.82, 2.24) is 25.8 Å². The maximum absolute atomic E-state index is 13.2. The van der Waals surface area contributed by atoms with Crippen LogP contribution in [0.15, 0.2) is 56.2 Å². The summed E-state index contributed by atoms with van der Waals surface area (Å²) in [6, 6.07) is 10.7. The predicted octanol–water partition coefficient (Wildman–Crippen LogP) is 18.6. The smallest absolute Gasteiger partial charge is 0.177 e. The summed E-state index contributed by atoms with van der Waals surface area (Å²) in [5.74, 6) is 12.3. The van der Waals surface area contributed by atoms with Crippen LogP contribution in [0.5, 0.6) is 0 Å². The molecule has 0 radical (unpaired) electrons. The highest BCUT2D eigenvalue weighted by atomic mass is 79.9. The Balaban J connectivity index is 0.0000000882. The van der Waals surface area contributed by atoms with E-state index in [1.807, 2.05) is 22.7 Å². The lowest BCUT2D eigenvalue weighted by Crippen LogP contribution is -2.58. The first-order valence-corrected chi connectivity index (χ1v) is 38.2. The molecule has 16 bridgehead atoms. The van der Waals surface area contributed by atoms with E-state index in [0.29, 0.717) is 22.2 Å². The van der Waals surface area contributed by atoms with Crippen LogP contribution >= 0.6 is 72.9 Å². The molecule has 0 unspecified atom stereocenters. The molecule has 0 aliphatic heterocycles. The number of nitrogens with zero attached hydrogens (tertiary/aromatic N) is 1. The van der Waals surface area contributed by atoms with Gasteiger partial charge in [0.25, 0.3) is 0 Å². The molecule has 5 nitrogen and oxygen atoms in total. The van der Waals surface area contributed by atoms with E-state index in [1.165, 1.54) is 218 Å². The number of aryl methyl sites for hydroxylation is 1. The quantitative estimate of drug-likeness (QED) is 0.101. The lowest BCUT2D eigenvalue weighted by atomic mass is 9.53. The highest BCUT2D eigenvalue weighted by molar-refractivity contribution is 9.11. The number of fused-ring (bicyclic) bond motifs is 4. The summed E-state index contributed by atoms with van der Waals surface area (Å²) in [5, 5.41) is 18.2. The highest BCUT2D eigenvalue weighted by Crippen LogP contribution is 2.59. The van der Waals surface area contributed by atoms with Gasteiger partial charge in [-0.2, -0.15) is 4.39 Å². The second-order valence-corrected chi connectivity index (χ2v) is 38.1. The van der Waals surface area contributed by atoms with Gasteiger partial charge in [0.1, 0.15) is 0 Å². The third-order valence-electron chi connectivity index (χ3n) is 25.3. The number of thiophene rings is 4. The summed E-state index contributed by atoms with van der Waals surface area (Å²) in [4.78, 5) is 4.22. The first kappa shape index (κ1) is 56.1. The Morgan fingerprint density at radius 1 is 0.476 bits per heavy atom. The van der Waals surface area contributed by atoms with Crippen molar-refractivity contribution in [2.45, 2.75) is 202 Å². The molecule has 448 valence electrons. The summed E-state index contributed by atoms with van der Waals surface area (Å²) in [5.41, 5.74) is 13.3. The molecule has 0 amide bonds. The Kier molecular flexibility index (Phi) is 14.6. The van der Waals surface area contributed by atoms with Gasteiger partial charge in [0.2, 0.25) is 0 Å². The molecule has 0 saturated heterocycles. The van der Waals surface area contributed by atoms with Crippen LogP contribution in [-0.2, 0) is 32.9 Å².